The van der Waals surface area contributed by atoms with Crippen molar-refractivity contribution in [2.45, 2.75) is 32.5 Å². The van der Waals surface area contributed by atoms with Crippen molar-refractivity contribution in [2.24, 2.45) is 0 Å². The Morgan fingerprint density at radius 3 is 2.87 bits per heavy atom. The zero-order valence-electron chi connectivity index (χ0n) is 8.98. The molecule has 1 rings (SSSR count). The molecule has 1 aromatic rings. The molecule has 0 radical (unpaired) electrons. The summed E-state index contributed by atoms with van der Waals surface area (Å²) < 4.78 is 5.31. The number of aliphatic hydroxyl groups is 1. The molecule has 0 aliphatic rings. The molecule has 0 fully saturated rings. The minimum Gasteiger partial charge on any atom is -0.390 e. The average molecular weight is 230 g/mol. The number of hydrogen-bond acceptors (Lipinski definition) is 3. The van der Waals surface area contributed by atoms with Crippen LogP contribution in [0.25, 0.3) is 0 Å². The van der Waals surface area contributed by atoms with Gasteiger partial charge in [-0.1, -0.05) is 11.6 Å². The van der Waals surface area contributed by atoms with Gasteiger partial charge in [-0.05, 0) is 25.5 Å². The highest BCUT2D eigenvalue weighted by atomic mass is 35.5. The molecule has 0 bridgehead atoms. The first-order valence-electron chi connectivity index (χ1n) is 4.97. The molecule has 0 aromatic carbocycles. The first kappa shape index (κ1) is 12.4. The van der Waals surface area contributed by atoms with Crippen molar-refractivity contribution in [3.05, 3.63) is 29.0 Å². The molecule has 84 valence electrons. The third-order valence-electron chi connectivity index (χ3n) is 1.93. The minimum atomic E-state index is -0.521. The van der Waals surface area contributed by atoms with Gasteiger partial charge in [-0.25, -0.2) is 0 Å². The first-order chi connectivity index (χ1) is 7.09. The van der Waals surface area contributed by atoms with Gasteiger partial charge in [0, 0.05) is 18.8 Å². The molecule has 1 N–H and O–H groups in total. The number of pyridine rings is 1. The summed E-state index contributed by atoms with van der Waals surface area (Å²) >= 11 is 5.92. The Kier molecular flexibility index (Phi) is 5.02. The van der Waals surface area contributed by atoms with E-state index in [2.05, 4.69) is 4.98 Å². The maximum Gasteiger partial charge on any atom is 0.0814 e. The van der Waals surface area contributed by atoms with Crippen LogP contribution in [0.4, 0.5) is 0 Å². The van der Waals surface area contributed by atoms with Crippen LogP contribution >= 0.6 is 11.6 Å². The van der Waals surface area contributed by atoms with Crippen LogP contribution in [0.1, 0.15) is 19.4 Å². The monoisotopic (exact) mass is 229 g/mol. The van der Waals surface area contributed by atoms with Crippen LogP contribution in [0.3, 0.4) is 0 Å². The van der Waals surface area contributed by atoms with Gasteiger partial charge in [0.1, 0.15) is 0 Å². The Morgan fingerprint density at radius 1 is 1.53 bits per heavy atom. The van der Waals surface area contributed by atoms with Crippen molar-refractivity contribution in [1.29, 1.82) is 0 Å². The van der Waals surface area contributed by atoms with Gasteiger partial charge in [0.25, 0.3) is 0 Å². The number of ether oxygens (including phenoxy) is 1. The Hall–Kier alpha value is -0.640. The summed E-state index contributed by atoms with van der Waals surface area (Å²) in [7, 11) is 0. The summed E-state index contributed by atoms with van der Waals surface area (Å²) in [6, 6.07) is 1.81. The van der Waals surface area contributed by atoms with Gasteiger partial charge < -0.3 is 9.84 Å². The van der Waals surface area contributed by atoms with E-state index < -0.39 is 6.10 Å². The maximum absolute atomic E-state index is 9.67. The standard InChI is InChI=1S/C11H16ClNO2/c1-8(2)15-7-10(14)5-9-3-4-13-6-11(9)12/h3-4,6,8,10,14H,5,7H2,1-2H3. The summed E-state index contributed by atoms with van der Waals surface area (Å²) in [6.07, 6.45) is 3.35. The van der Waals surface area contributed by atoms with Crippen LogP contribution in [-0.4, -0.2) is 28.9 Å². The molecular weight excluding hydrogens is 214 g/mol. The van der Waals surface area contributed by atoms with Crippen LogP contribution < -0.4 is 0 Å². The van der Waals surface area contributed by atoms with Gasteiger partial charge in [-0.15, -0.1) is 0 Å². The van der Waals surface area contributed by atoms with Crippen molar-refractivity contribution < 1.29 is 9.84 Å². The lowest BCUT2D eigenvalue weighted by Gasteiger charge is -2.13. The number of rotatable bonds is 5. The predicted molar refractivity (Wildman–Crippen MR) is 60.0 cm³/mol. The number of aromatic nitrogens is 1. The lowest BCUT2D eigenvalue weighted by atomic mass is 10.1. The second-order valence-corrected chi connectivity index (χ2v) is 4.11. The van der Waals surface area contributed by atoms with Crippen molar-refractivity contribution >= 4 is 11.6 Å². The molecule has 0 aliphatic heterocycles. The van der Waals surface area contributed by atoms with E-state index in [4.69, 9.17) is 16.3 Å². The fraction of sp³-hybridized carbons (Fsp3) is 0.545. The van der Waals surface area contributed by atoms with Gasteiger partial charge in [0.2, 0.25) is 0 Å². The molecule has 4 heteroatoms. The van der Waals surface area contributed by atoms with Gasteiger partial charge in [-0.2, -0.15) is 0 Å². The van der Waals surface area contributed by atoms with E-state index in [1.54, 1.807) is 18.5 Å². The molecule has 0 saturated carbocycles. The van der Waals surface area contributed by atoms with Crippen molar-refractivity contribution in [3.63, 3.8) is 0 Å². The molecule has 0 spiro atoms. The highest BCUT2D eigenvalue weighted by Crippen LogP contribution is 2.15. The van der Waals surface area contributed by atoms with Crippen molar-refractivity contribution in [2.75, 3.05) is 6.61 Å². The van der Waals surface area contributed by atoms with E-state index in [1.165, 1.54) is 0 Å². The largest absolute Gasteiger partial charge is 0.390 e. The van der Waals surface area contributed by atoms with Crippen LogP contribution in [0.2, 0.25) is 5.02 Å². The molecule has 0 aliphatic carbocycles. The number of hydrogen-bond donors (Lipinski definition) is 1. The fourth-order valence-corrected chi connectivity index (χ4v) is 1.38. The van der Waals surface area contributed by atoms with Gasteiger partial charge in [0.15, 0.2) is 0 Å². The Labute approximate surface area is 95.1 Å². The zero-order chi connectivity index (χ0) is 11.3. The second kappa shape index (κ2) is 6.05. The topological polar surface area (TPSA) is 42.4 Å². The Balaban J connectivity index is 2.44. The van der Waals surface area contributed by atoms with E-state index in [1.807, 2.05) is 13.8 Å². The highest BCUT2D eigenvalue weighted by Gasteiger charge is 2.09. The zero-order valence-corrected chi connectivity index (χ0v) is 9.74. The summed E-state index contributed by atoms with van der Waals surface area (Å²) in [5, 5.41) is 10.3. The van der Waals surface area contributed by atoms with E-state index >= 15 is 0 Å². The molecule has 3 nitrogen and oxygen atoms in total. The van der Waals surface area contributed by atoms with Gasteiger partial charge in [-0.3, -0.25) is 4.98 Å². The van der Waals surface area contributed by atoms with Gasteiger partial charge >= 0.3 is 0 Å². The maximum atomic E-state index is 9.67. The molecule has 1 unspecified atom stereocenters. The van der Waals surface area contributed by atoms with E-state index in [9.17, 15) is 5.11 Å². The highest BCUT2D eigenvalue weighted by molar-refractivity contribution is 6.31. The molecule has 0 amide bonds. The SMILES string of the molecule is CC(C)OCC(O)Cc1ccncc1Cl. The molecule has 1 heterocycles. The molecule has 15 heavy (non-hydrogen) atoms. The quantitative estimate of drug-likeness (QED) is 0.841. The smallest absolute Gasteiger partial charge is 0.0814 e. The third kappa shape index (κ3) is 4.60. The number of halogens is 1. The van der Waals surface area contributed by atoms with Crippen LogP contribution in [-0.2, 0) is 11.2 Å². The van der Waals surface area contributed by atoms with Crippen LogP contribution in [0, 0.1) is 0 Å². The molecule has 1 aromatic heterocycles. The number of nitrogens with zero attached hydrogens (tertiary/aromatic N) is 1. The molecule has 1 atom stereocenters. The van der Waals surface area contributed by atoms with Crippen LogP contribution in [0.5, 0.6) is 0 Å². The molecular formula is C11H16ClNO2. The van der Waals surface area contributed by atoms with E-state index in [-0.39, 0.29) is 6.10 Å². The van der Waals surface area contributed by atoms with Crippen molar-refractivity contribution in [1.82, 2.24) is 4.98 Å². The first-order valence-corrected chi connectivity index (χ1v) is 5.35. The average Bonchev–Trinajstić information content (AvgIpc) is 2.18. The summed E-state index contributed by atoms with van der Waals surface area (Å²) in [6.45, 7) is 4.20. The second-order valence-electron chi connectivity index (χ2n) is 3.71. The third-order valence-corrected chi connectivity index (χ3v) is 2.27. The summed E-state index contributed by atoms with van der Waals surface area (Å²) in [5.41, 5.74) is 0.895. The fourth-order valence-electron chi connectivity index (χ4n) is 1.19. The summed E-state index contributed by atoms with van der Waals surface area (Å²) in [5.74, 6) is 0. The number of aliphatic hydroxyl groups excluding tert-OH is 1. The Morgan fingerprint density at radius 2 is 2.27 bits per heavy atom. The normalized spacial score (nSPS) is 13.1. The predicted octanol–water partition coefficient (Wildman–Crippen LogP) is 2.06. The molecule has 0 saturated heterocycles. The van der Waals surface area contributed by atoms with Crippen molar-refractivity contribution in [3.8, 4) is 0 Å². The minimum absolute atomic E-state index is 0.132. The van der Waals surface area contributed by atoms with Crippen LogP contribution in [0.15, 0.2) is 18.5 Å². The van der Waals surface area contributed by atoms with E-state index in [0.29, 0.717) is 18.1 Å². The van der Waals surface area contributed by atoms with E-state index in [0.717, 1.165) is 5.56 Å². The lowest BCUT2D eigenvalue weighted by Crippen LogP contribution is -2.20. The van der Waals surface area contributed by atoms with Gasteiger partial charge in [0.05, 0.1) is 23.8 Å². The lowest BCUT2D eigenvalue weighted by molar-refractivity contribution is 0.00621. The Bertz CT molecular complexity index is 304. The summed E-state index contributed by atoms with van der Waals surface area (Å²) in [4.78, 5) is 3.88.